The number of carbonyl (C=O) groups excluding carboxylic acids is 2. The number of ketones is 1. The summed E-state index contributed by atoms with van der Waals surface area (Å²) in [7, 11) is 0. The third kappa shape index (κ3) is 2.44. The van der Waals surface area contributed by atoms with Gasteiger partial charge in [0.2, 0.25) is 5.60 Å². The molecule has 4 rings (SSSR count). The first-order valence-electron chi connectivity index (χ1n) is 10.9. The topological polar surface area (TPSA) is 101 Å². The van der Waals surface area contributed by atoms with E-state index in [0.717, 1.165) is 6.08 Å². The Hall–Kier alpha value is -2.35. The van der Waals surface area contributed by atoms with E-state index in [0.29, 0.717) is 0 Å². The number of hydrogen-bond acceptors (Lipinski definition) is 5. The third-order valence-electron chi connectivity index (χ3n) is 8.94. The highest BCUT2D eigenvalue weighted by molar-refractivity contribution is 5.93. The number of carbonyl (C=O) groups is 3. The highest BCUT2D eigenvalue weighted by Crippen LogP contribution is 2.71. The van der Waals surface area contributed by atoms with E-state index in [1.54, 1.807) is 13.8 Å². The van der Waals surface area contributed by atoms with Gasteiger partial charge in [-0.25, -0.2) is 18.4 Å². The summed E-state index contributed by atoms with van der Waals surface area (Å²) in [6.45, 7) is 8.02. The Balaban J connectivity index is 1.90. The van der Waals surface area contributed by atoms with Crippen molar-refractivity contribution in [2.45, 2.75) is 63.8 Å². The fourth-order valence-electron chi connectivity index (χ4n) is 7.41. The number of hydrogen-bond donors (Lipinski definition) is 2. The van der Waals surface area contributed by atoms with Crippen LogP contribution in [0.1, 0.15) is 46.5 Å². The van der Waals surface area contributed by atoms with Crippen molar-refractivity contribution in [2.24, 2.45) is 28.6 Å². The fourth-order valence-corrected chi connectivity index (χ4v) is 7.41. The van der Waals surface area contributed by atoms with E-state index >= 15 is 8.78 Å². The molecule has 2 unspecified atom stereocenters. The van der Waals surface area contributed by atoms with E-state index in [1.165, 1.54) is 19.1 Å². The molecule has 32 heavy (non-hydrogen) atoms. The number of aliphatic hydroxyl groups is 1. The van der Waals surface area contributed by atoms with Gasteiger partial charge in [-0.05, 0) is 37.3 Å². The Morgan fingerprint density at radius 3 is 2.56 bits per heavy atom. The van der Waals surface area contributed by atoms with Gasteiger partial charge in [0.25, 0.3) is 0 Å². The standard InChI is InChI=1S/C24H28F2O6/c1-5-19(29)32-24(20(30)31)12(2)8-14-15-10-17(25)16-9-13(27)6-7-21(16,3)23(15,26)18(28)11-22(14,24)4/h5-7,12,14-15,18,28H,1,8-11H2,2-4H3,(H,30,31)/t12-,14?,15?,18+,21+,22+,23+,24+/m1/s1. The number of aliphatic hydroxyl groups excluding tert-OH is 1. The predicted octanol–water partition coefficient (Wildman–Crippen LogP) is 3.45. The molecule has 8 atom stereocenters. The normalized spacial score (nSPS) is 47.4. The zero-order chi connectivity index (χ0) is 23.9. The molecular weight excluding hydrogens is 422 g/mol. The summed E-state index contributed by atoms with van der Waals surface area (Å²) in [5.41, 5.74) is -7.18. The van der Waals surface area contributed by atoms with Crippen LogP contribution in [0, 0.1) is 28.6 Å². The molecule has 4 aliphatic carbocycles. The van der Waals surface area contributed by atoms with Crippen LogP contribution in [0.5, 0.6) is 0 Å². The van der Waals surface area contributed by atoms with Gasteiger partial charge in [0, 0.05) is 41.6 Å². The molecule has 2 N–H and O–H groups in total. The highest BCUT2D eigenvalue weighted by atomic mass is 19.1. The molecule has 8 heteroatoms. The van der Waals surface area contributed by atoms with E-state index in [4.69, 9.17) is 4.74 Å². The van der Waals surface area contributed by atoms with Crippen molar-refractivity contribution < 1.29 is 38.1 Å². The molecule has 6 nitrogen and oxygen atoms in total. The molecule has 0 spiro atoms. The number of alkyl halides is 1. The second-order valence-electron chi connectivity index (χ2n) is 10.2. The highest BCUT2D eigenvalue weighted by Gasteiger charge is 2.78. The summed E-state index contributed by atoms with van der Waals surface area (Å²) in [5, 5.41) is 21.5. The maximum Gasteiger partial charge on any atom is 0.349 e. The average molecular weight is 450 g/mol. The van der Waals surface area contributed by atoms with E-state index < -0.39 is 63.7 Å². The van der Waals surface area contributed by atoms with Crippen LogP contribution in [0.25, 0.3) is 0 Å². The zero-order valence-corrected chi connectivity index (χ0v) is 18.4. The molecule has 2 saturated carbocycles. The lowest BCUT2D eigenvalue weighted by Crippen LogP contribution is -2.69. The van der Waals surface area contributed by atoms with Crippen LogP contribution in [0.4, 0.5) is 8.78 Å². The molecule has 0 aliphatic heterocycles. The smallest absolute Gasteiger partial charge is 0.349 e. The van der Waals surface area contributed by atoms with Crippen LogP contribution in [0.2, 0.25) is 0 Å². The Morgan fingerprint density at radius 1 is 1.31 bits per heavy atom. The lowest BCUT2D eigenvalue weighted by molar-refractivity contribution is -0.231. The second kappa shape index (κ2) is 6.83. The number of ether oxygens (including phenoxy) is 1. The van der Waals surface area contributed by atoms with Crippen molar-refractivity contribution in [3.05, 3.63) is 36.2 Å². The van der Waals surface area contributed by atoms with Crippen LogP contribution in [-0.4, -0.2) is 45.3 Å². The van der Waals surface area contributed by atoms with E-state index in [1.807, 2.05) is 0 Å². The lowest BCUT2D eigenvalue weighted by Gasteiger charge is -2.62. The lowest BCUT2D eigenvalue weighted by atomic mass is 9.45. The monoisotopic (exact) mass is 450 g/mol. The summed E-state index contributed by atoms with van der Waals surface area (Å²) in [5.74, 6) is -5.69. The molecule has 0 heterocycles. The van der Waals surface area contributed by atoms with Crippen LogP contribution >= 0.6 is 0 Å². The van der Waals surface area contributed by atoms with Crippen molar-refractivity contribution in [3.63, 3.8) is 0 Å². The molecule has 0 saturated heterocycles. The molecule has 0 aromatic carbocycles. The summed E-state index contributed by atoms with van der Waals surface area (Å²) in [4.78, 5) is 36.6. The number of rotatable bonds is 3. The van der Waals surface area contributed by atoms with Crippen molar-refractivity contribution in [3.8, 4) is 0 Å². The molecule has 4 aliphatic rings. The quantitative estimate of drug-likeness (QED) is 0.505. The Morgan fingerprint density at radius 2 is 1.97 bits per heavy atom. The number of carboxylic acid groups (broad SMARTS) is 1. The summed E-state index contributed by atoms with van der Waals surface area (Å²) < 4.78 is 37.9. The summed E-state index contributed by atoms with van der Waals surface area (Å²) >= 11 is 0. The first kappa shape index (κ1) is 22.8. The van der Waals surface area contributed by atoms with Crippen molar-refractivity contribution in [2.75, 3.05) is 0 Å². The Kier molecular flexibility index (Phi) is 4.87. The van der Waals surface area contributed by atoms with Crippen molar-refractivity contribution >= 4 is 17.7 Å². The van der Waals surface area contributed by atoms with E-state index in [2.05, 4.69) is 6.58 Å². The molecular formula is C24H28F2O6. The first-order valence-corrected chi connectivity index (χ1v) is 10.9. The third-order valence-corrected chi connectivity index (χ3v) is 8.94. The first-order chi connectivity index (χ1) is 14.8. The summed E-state index contributed by atoms with van der Waals surface area (Å²) in [6, 6.07) is 0. The van der Waals surface area contributed by atoms with Gasteiger partial charge in [-0.1, -0.05) is 26.5 Å². The molecule has 0 radical (unpaired) electrons. The molecule has 2 fully saturated rings. The van der Waals surface area contributed by atoms with Gasteiger partial charge in [-0.2, -0.15) is 0 Å². The minimum atomic E-state index is -2.31. The van der Waals surface area contributed by atoms with Crippen LogP contribution in [0.3, 0.4) is 0 Å². The van der Waals surface area contributed by atoms with Crippen LogP contribution < -0.4 is 0 Å². The Bertz CT molecular complexity index is 987. The van der Waals surface area contributed by atoms with Gasteiger partial charge in [0.15, 0.2) is 11.5 Å². The van der Waals surface area contributed by atoms with E-state index in [-0.39, 0.29) is 37.0 Å². The average Bonchev–Trinajstić information content (AvgIpc) is 2.93. The number of carboxylic acids is 1. The maximum absolute atomic E-state index is 17.1. The van der Waals surface area contributed by atoms with Gasteiger partial charge in [-0.3, -0.25) is 4.79 Å². The van der Waals surface area contributed by atoms with Gasteiger partial charge >= 0.3 is 11.9 Å². The fraction of sp³-hybridized carbons (Fsp3) is 0.625. The minimum Gasteiger partial charge on any atom is -0.478 e. The van der Waals surface area contributed by atoms with Gasteiger partial charge < -0.3 is 14.9 Å². The number of esters is 1. The molecule has 0 aromatic rings. The summed E-state index contributed by atoms with van der Waals surface area (Å²) in [6.07, 6.45) is 1.06. The predicted molar refractivity (Wildman–Crippen MR) is 110 cm³/mol. The number of aliphatic carboxylic acids is 1. The largest absolute Gasteiger partial charge is 0.478 e. The van der Waals surface area contributed by atoms with Gasteiger partial charge in [-0.15, -0.1) is 0 Å². The molecule has 0 aromatic heterocycles. The van der Waals surface area contributed by atoms with Crippen molar-refractivity contribution in [1.29, 1.82) is 0 Å². The Labute approximate surface area is 185 Å². The zero-order valence-electron chi connectivity index (χ0n) is 18.4. The van der Waals surface area contributed by atoms with E-state index in [9.17, 15) is 24.6 Å². The minimum absolute atomic E-state index is 0.0417. The molecule has 174 valence electrons. The maximum atomic E-state index is 17.1. The number of fused-ring (bicyclic) bond motifs is 5. The molecule has 0 bridgehead atoms. The van der Waals surface area contributed by atoms with Crippen LogP contribution in [0.15, 0.2) is 36.2 Å². The van der Waals surface area contributed by atoms with Crippen molar-refractivity contribution in [1.82, 2.24) is 0 Å². The van der Waals surface area contributed by atoms with Gasteiger partial charge in [0.05, 0.1) is 6.10 Å². The number of halogens is 2. The van der Waals surface area contributed by atoms with Gasteiger partial charge in [0.1, 0.15) is 5.83 Å². The number of allylic oxidation sites excluding steroid dienone is 4. The SMILES string of the molecule is C=CC(=O)O[C@]1(C(=O)O)[C@H](C)CC2C3CC(F)=C4CC(=O)C=C[C@]4(C)[C@@]3(F)[C@@H](O)C[C@@]21C. The molecule has 0 amide bonds. The van der Waals surface area contributed by atoms with Crippen LogP contribution in [-0.2, 0) is 19.1 Å². The second-order valence-corrected chi connectivity index (χ2v) is 10.2.